The second kappa shape index (κ2) is 7.33. The molecule has 1 aliphatic rings. The average molecular weight is 337 g/mol. The van der Waals surface area contributed by atoms with Gasteiger partial charge in [0.2, 0.25) is 5.91 Å². The number of benzene rings is 1. The normalized spacial score (nSPS) is 17.8. The first-order valence-electron chi connectivity index (χ1n) is 7.00. The van der Waals surface area contributed by atoms with E-state index in [0.717, 1.165) is 30.5 Å². The van der Waals surface area contributed by atoms with Crippen LogP contribution in [0.4, 0.5) is 13.2 Å². The predicted molar refractivity (Wildman–Crippen MR) is 80.9 cm³/mol. The van der Waals surface area contributed by atoms with Crippen LogP contribution in [0.1, 0.15) is 36.8 Å². The van der Waals surface area contributed by atoms with Crippen molar-refractivity contribution in [2.24, 2.45) is 5.73 Å². The highest BCUT2D eigenvalue weighted by Gasteiger charge is 2.31. The molecule has 1 atom stereocenters. The number of likely N-dealkylation sites (tertiary alicyclic amines) is 1. The van der Waals surface area contributed by atoms with Gasteiger partial charge in [0.1, 0.15) is 0 Å². The molecule has 0 bridgehead atoms. The molecule has 2 rings (SSSR count). The van der Waals surface area contributed by atoms with Gasteiger partial charge in [-0.25, -0.2) is 0 Å². The summed E-state index contributed by atoms with van der Waals surface area (Å²) < 4.78 is 37.6. The van der Waals surface area contributed by atoms with Crippen LogP contribution in [0, 0.1) is 0 Å². The molecular formula is C15H20ClF3N2O. The van der Waals surface area contributed by atoms with Gasteiger partial charge >= 0.3 is 6.18 Å². The molecule has 3 nitrogen and oxygen atoms in total. The van der Waals surface area contributed by atoms with Crippen molar-refractivity contribution in [3.8, 4) is 0 Å². The van der Waals surface area contributed by atoms with Crippen LogP contribution in [-0.2, 0) is 11.0 Å². The highest BCUT2D eigenvalue weighted by Crippen LogP contribution is 2.32. The summed E-state index contributed by atoms with van der Waals surface area (Å²) in [6, 6.07) is 4.81. The highest BCUT2D eigenvalue weighted by molar-refractivity contribution is 5.85. The Morgan fingerprint density at radius 1 is 1.23 bits per heavy atom. The van der Waals surface area contributed by atoms with Crippen LogP contribution < -0.4 is 5.73 Å². The van der Waals surface area contributed by atoms with E-state index < -0.39 is 17.8 Å². The van der Waals surface area contributed by atoms with Gasteiger partial charge < -0.3 is 10.6 Å². The van der Waals surface area contributed by atoms with Crippen molar-refractivity contribution in [3.05, 3.63) is 35.4 Å². The molecule has 1 amide bonds. The van der Waals surface area contributed by atoms with Crippen molar-refractivity contribution in [2.75, 3.05) is 13.1 Å². The molecule has 2 N–H and O–H groups in total. The summed E-state index contributed by atoms with van der Waals surface area (Å²) in [4.78, 5) is 13.5. The third-order valence-electron chi connectivity index (χ3n) is 3.91. The van der Waals surface area contributed by atoms with Crippen LogP contribution in [-0.4, -0.2) is 29.9 Å². The number of nitrogens with two attached hydrogens (primary N) is 1. The maximum Gasteiger partial charge on any atom is 0.416 e. The number of amides is 1. The Hall–Kier alpha value is -1.27. The molecule has 1 aromatic rings. The minimum atomic E-state index is -4.30. The molecule has 0 saturated carbocycles. The van der Waals surface area contributed by atoms with Crippen molar-refractivity contribution < 1.29 is 18.0 Å². The molecule has 1 fully saturated rings. The van der Waals surface area contributed by atoms with E-state index >= 15 is 0 Å². The number of alkyl halides is 3. The number of halogens is 4. The third-order valence-corrected chi connectivity index (χ3v) is 3.91. The van der Waals surface area contributed by atoms with Crippen LogP contribution in [0.3, 0.4) is 0 Å². The van der Waals surface area contributed by atoms with Gasteiger partial charge in [0, 0.05) is 13.1 Å². The first-order chi connectivity index (χ1) is 9.79. The van der Waals surface area contributed by atoms with E-state index in [4.69, 9.17) is 5.73 Å². The third kappa shape index (κ3) is 4.36. The fourth-order valence-electron chi connectivity index (χ4n) is 2.67. The Kier molecular flexibility index (Phi) is 6.26. The van der Waals surface area contributed by atoms with Gasteiger partial charge in [-0.05, 0) is 43.4 Å². The zero-order chi connectivity index (χ0) is 15.6. The highest BCUT2D eigenvalue weighted by atomic mass is 35.5. The molecule has 0 radical (unpaired) electrons. The van der Waals surface area contributed by atoms with Crippen LogP contribution in [0.2, 0.25) is 0 Å². The Bertz CT molecular complexity index is 495. The largest absolute Gasteiger partial charge is 0.416 e. The average Bonchev–Trinajstić information content (AvgIpc) is 2.46. The van der Waals surface area contributed by atoms with Crippen LogP contribution in [0.15, 0.2) is 24.3 Å². The van der Waals surface area contributed by atoms with E-state index in [1.165, 1.54) is 12.1 Å². The van der Waals surface area contributed by atoms with Crippen LogP contribution in [0.25, 0.3) is 0 Å². The zero-order valence-electron chi connectivity index (χ0n) is 12.3. The number of rotatable bonds is 2. The number of nitrogens with zero attached hydrogens (tertiary/aromatic N) is 1. The van der Waals surface area contributed by atoms with E-state index in [-0.39, 0.29) is 24.2 Å². The Morgan fingerprint density at radius 2 is 1.73 bits per heavy atom. The lowest BCUT2D eigenvalue weighted by atomic mass is 9.89. The van der Waals surface area contributed by atoms with Gasteiger partial charge in [0.05, 0.1) is 11.6 Å². The molecule has 7 heteroatoms. The summed E-state index contributed by atoms with van der Waals surface area (Å²) in [7, 11) is 0. The lowest BCUT2D eigenvalue weighted by molar-refractivity contribution is -0.137. The summed E-state index contributed by atoms with van der Waals surface area (Å²) in [5, 5.41) is 0. The number of hydrogen-bond donors (Lipinski definition) is 1. The Labute approximate surface area is 134 Å². The van der Waals surface area contributed by atoms with Crippen molar-refractivity contribution in [1.82, 2.24) is 4.90 Å². The number of carbonyl (C=O) groups is 1. The molecule has 1 saturated heterocycles. The number of piperidine rings is 1. The summed E-state index contributed by atoms with van der Waals surface area (Å²) in [6.07, 6.45) is -2.79. The maximum absolute atomic E-state index is 12.5. The SMILES string of the molecule is C[C@@H](N)C(=O)N1CCC(c2ccc(C(F)(F)F)cc2)CC1.Cl. The minimum Gasteiger partial charge on any atom is -0.341 e. The van der Waals surface area contributed by atoms with Crippen LogP contribution >= 0.6 is 12.4 Å². The standard InChI is InChI=1S/C15H19F3N2O.ClH/c1-10(19)14(21)20-8-6-12(7-9-20)11-2-4-13(5-3-11)15(16,17)18;/h2-5,10,12H,6-9,19H2,1H3;1H/t10-;/m1./s1. The Balaban J connectivity index is 0.00000242. The molecule has 1 aliphatic heterocycles. The summed E-state index contributed by atoms with van der Waals surface area (Å²) in [5.41, 5.74) is 5.84. The topological polar surface area (TPSA) is 46.3 Å². The smallest absolute Gasteiger partial charge is 0.341 e. The summed E-state index contributed by atoms with van der Waals surface area (Å²) in [5.74, 6) is 0.130. The van der Waals surface area contributed by atoms with Gasteiger partial charge in [-0.15, -0.1) is 12.4 Å². The van der Waals surface area contributed by atoms with Crippen molar-refractivity contribution >= 4 is 18.3 Å². The van der Waals surface area contributed by atoms with E-state index in [1.807, 2.05) is 0 Å². The van der Waals surface area contributed by atoms with Crippen LogP contribution in [0.5, 0.6) is 0 Å². The lowest BCUT2D eigenvalue weighted by Gasteiger charge is -2.33. The Morgan fingerprint density at radius 3 is 2.14 bits per heavy atom. The molecule has 0 spiro atoms. The number of carbonyl (C=O) groups excluding carboxylic acids is 1. The molecular weight excluding hydrogens is 317 g/mol. The molecule has 0 aromatic heterocycles. The summed E-state index contributed by atoms with van der Waals surface area (Å²) >= 11 is 0. The van der Waals surface area contributed by atoms with Gasteiger partial charge in [0.25, 0.3) is 0 Å². The maximum atomic E-state index is 12.5. The van der Waals surface area contributed by atoms with E-state index in [9.17, 15) is 18.0 Å². The second-order valence-corrected chi connectivity index (χ2v) is 5.51. The lowest BCUT2D eigenvalue weighted by Crippen LogP contribution is -2.45. The minimum absolute atomic E-state index is 0. The molecule has 124 valence electrons. The van der Waals surface area contributed by atoms with E-state index in [2.05, 4.69) is 0 Å². The van der Waals surface area contributed by atoms with Gasteiger partial charge in [-0.1, -0.05) is 12.1 Å². The molecule has 1 heterocycles. The second-order valence-electron chi connectivity index (χ2n) is 5.51. The molecule has 1 aromatic carbocycles. The zero-order valence-corrected chi connectivity index (χ0v) is 13.1. The number of hydrogen-bond acceptors (Lipinski definition) is 2. The first-order valence-corrected chi connectivity index (χ1v) is 7.00. The first kappa shape index (κ1) is 18.8. The van der Waals surface area contributed by atoms with Gasteiger partial charge in [-0.2, -0.15) is 13.2 Å². The van der Waals surface area contributed by atoms with Gasteiger partial charge in [-0.3, -0.25) is 4.79 Å². The predicted octanol–water partition coefficient (Wildman–Crippen LogP) is 3.18. The van der Waals surface area contributed by atoms with Crippen molar-refractivity contribution in [2.45, 2.75) is 37.9 Å². The fraction of sp³-hybridized carbons (Fsp3) is 0.533. The summed E-state index contributed by atoms with van der Waals surface area (Å²) in [6.45, 7) is 2.86. The monoisotopic (exact) mass is 336 g/mol. The molecule has 0 unspecified atom stereocenters. The fourth-order valence-corrected chi connectivity index (χ4v) is 2.67. The van der Waals surface area contributed by atoms with E-state index in [0.29, 0.717) is 13.1 Å². The van der Waals surface area contributed by atoms with E-state index in [1.54, 1.807) is 11.8 Å². The molecule has 22 heavy (non-hydrogen) atoms. The van der Waals surface area contributed by atoms with Crippen molar-refractivity contribution in [3.63, 3.8) is 0 Å². The molecule has 0 aliphatic carbocycles. The quantitative estimate of drug-likeness (QED) is 0.901. The van der Waals surface area contributed by atoms with Gasteiger partial charge in [0.15, 0.2) is 0 Å². The van der Waals surface area contributed by atoms with Crippen molar-refractivity contribution in [1.29, 1.82) is 0 Å².